The molecule has 0 aliphatic heterocycles. The van der Waals surface area contributed by atoms with Crippen LogP contribution < -0.4 is 0 Å². The van der Waals surface area contributed by atoms with Crippen LogP contribution in [0.1, 0.15) is 22.3 Å². The van der Waals surface area contributed by atoms with Crippen LogP contribution in [0.4, 0.5) is 0 Å². The zero-order chi connectivity index (χ0) is 33.5. The Morgan fingerprint density at radius 3 is 1.67 bits per heavy atom. The molecule has 1 aromatic heterocycles. The Kier molecular flexibility index (Phi) is 5.91. The number of nitrogens with zero attached hydrogens (tertiary/aromatic N) is 2. The molecule has 0 unspecified atom stereocenters. The summed E-state index contributed by atoms with van der Waals surface area (Å²) in [5.74, 6) is 0. The molecule has 236 valence electrons. The fourth-order valence-electron chi connectivity index (χ4n) is 8.99. The van der Waals surface area contributed by atoms with Gasteiger partial charge in [-0.25, -0.2) is 0 Å². The van der Waals surface area contributed by atoms with Crippen LogP contribution >= 0.6 is 0 Å². The molecule has 2 heteroatoms. The molecule has 1 spiro atoms. The summed E-state index contributed by atoms with van der Waals surface area (Å²) in [6, 6.07) is 62.3. The van der Waals surface area contributed by atoms with Gasteiger partial charge >= 0.3 is 0 Å². The first kappa shape index (κ1) is 28.2. The summed E-state index contributed by atoms with van der Waals surface area (Å²) in [4.78, 5) is 9.44. The predicted octanol–water partition coefficient (Wildman–Crippen LogP) is 12.1. The largest absolute Gasteiger partial charge is 0.252 e. The van der Waals surface area contributed by atoms with Crippen LogP contribution in [0.15, 0.2) is 182 Å². The summed E-state index contributed by atoms with van der Waals surface area (Å²) in [6.45, 7) is 0. The van der Waals surface area contributed by atoms with Crippen molar-refractivity contribution in [3.05, 3.63) is 205 Å². The van der Waals surface area contributed by atoms with Crippen molar-refractivity contribution in [2.75, 3.05) is 0 Å². The molecule has 0 radical (unpaired) electrons. The summed E-state index contributed by atoms with van der Waals surface area (Å²) in [7, 11) is 0. The van der Waals surface area contributed by atoms with E-state index < -0.39 is 5.41 Å². The minimum atomic E-state index is -0.401. The second-order valence-electron chi connectivity index (χ2n) is 13.7. The van der Waals surface area contributed by atoms with E-state index in [1.54, 1.807) is 0 Å². The van der Waals surface area contributed by atoms with Crippen molar-refractivity contribution in [3.63, 3.8) is 0 Å². The van der Waals surface area contributed by atoms with E-state index in [0.717, 1.165) is 22.5 Å². The van der Waals surface area contributed by atoms with Gasteiger partial charge in [0, 0.05) is 11.1 Å². The van der Waals surface area contributed by atoms with Crippen molar-refractivity contribution < 1.29 is 0 Å². The highest BCUT2D eigenvalue weighted by molar-refractivity contribution is 6.11. The van der Waals surface area contributed by atoms with Crippen molar-refractivity contribution in [1.29, 1.82) is 0 Å². The SMILES string of the molecule is c1ccc(-c2cnc(-c3ccc(-c4ccc5c6c(ccc5c4)-c4c(ccc5ccccc45)C64c5ccccc5-c5ccccc54)cc3)cn2)cc1. The Labute approximate surface area is 296 Å². The molecule has 11 rings (SSSR count). The van der Waals surface area contributed by atoms with Gasteiger partial charge in [-0.2, -0.15) is 0 Å². The minimum Gasteiger partial charge on any atom is -0.252 e. The first-order valence-corrected chi connectivity index (χ1v) is 17.6. The lowest BCUT2D eigenvalue weighted by Gasteiger charge is -2.31. The quantitative estimate of drug-likeness (QED) is 0.191. The number of hydrogen-bond donors (Lipinski definition) is 0. The monoisotopic (exact) mass is 646 g/mol. The zero-order valence-corrected chi connectivity index (χ0v) is 27.7. The fourth-order valence-corrected chi connectivity index (χ4v) is 8.99. The standard InChI is InChI=1S/C49H30N2/c1-2-11-33(12-3-1)45-29-51-46(30-50-45)34-20-18-31(19-21-34)35-22-25-38-36(28-35)23-26-41-47-37-13-5-4-10-32(37)24-27-44(47)49(48(38)41)42-16-8-6-14-39(42)40-15-7-9-17-43(40)49/h1-30H. The van der Waals surface area contributed by atoms with Gasteiger partial charge in [0.1, 0.15) is 0 Å². The van der Waals surface area contributed by atoms with Gasteiger partial charge in [0.25, 0.3) is 0 Å². The third kappa shape index (κ3) is 3.93. The van der Waals surface area contributed by atoms with Gasteiger partial charge in [-0.05, 0) is 83.2 Å². The lowest BCUT2D eigenvalue weighted by molar-refractivity contribution is 0.802. The van der Waals surface area contributed by atoms with E-state index in [-0.39, 0.29) is 0 Å². The maximum atomic E-state index is 4.74. The van der Waals surface area contributed by atoms with Crippen LogP contribution in [0.25, 0.3) is 77.4 Å². The lowest BCUT2D eigenvalue weighted by atomic mass is 9.69. The third-order valence-corrected chi connectivity index (χ3v) is 11.2. The van der Waals surface area contributed by atoms with Crippen molar-refractivity contribution in [2.24, 2.45) is 0 Å². The number of aromatic nitrogens is 2. The van der Waals surface area contributed by atoms with Crippen molar-refractivity contribution in [1.82, 2.24) is 9.97 Å². The summed E-state index contributed by atoms with van der Waals surface area (Å²) >= 11 is 0. The van der Waals surface area contributed by atoms with E-state index in [0.29, 0.717) is 0 Å². The average Bonchev–Trinajstić information content (AvgIpc) is 3.69. The Bertz CT molecular complexity index is 2790. The maximum absolute atomic E-state index is 4.74. The molecule has 51 heavy (non-hydrogen) atoms. The highest BCUT2D eigenvalue weighted by Gasteiger charge is 2.52. The van der Waals surface area contributed by atoms with Gasteiger partial charge in [0.2, 0.25) is 0 Å². The second-order valence-corrected chi connectivity index (χ2v) is 13.7. The molecule has 0 amide bonds. The molecule has 0 atom stereocenters. The van der Waals surface area contributed by atoms with E-state index in [2.05, 4.69) is 152 Å². The van der Waals surface area contributed by atoms with Crippen LogP contribution in [-0.2, 0) is 5.41 Å². The first-order valence-electron chi connectivity index (χ1n) is 17.6. The summed E-state index contributed by atoms with van der Waals surface area (Å²) < 4.78 is 0. The average molecular weight is 647 g/mol. The van der Waals surface area contributed by atoms with Gasteiger partial charge < -0.3 is 0 Å². The maximum Gasteiger partial charge on any atom is 0.0885 e. The molecule has 8 aromatic carbocycles. The van der Waals surface area contributed by atoms with Crippen LogP contribution in [0, 0.1) is 0 Å². The molecule has 2 nitrogen and oxygen atoms in total. The minimum absolute atomic E-state index is 0.401. The van der Waals surface area contributed by atoms with Crippen LogP contribution in [0.5, 0.6) is 0 Å². The number of rotatable bonds is 3. The molecule has 0 fully saturated rings. The Morgan fingerprint density at radius 2 is 0.941 bits per heavy atom. The number of fused-ring (bicyclic) bond motifs is 14. The van der Waals surface area contributed by atoms with E-state index in [9.17, 15) is 0 Å². The van der Waals surface area contributed by atoms with Crippen molar-refractivity contribution >= 4 is 21.5 Å². The predicted molar refractivity (Wildman–Crippen MR) is 210 cm³/mol. The summed E-state index contributed by atoms with van der Waals surface area (Å²) in [5.41, 5.74) is 16.7. The van der Waals surface area contributed by atoms with Gasteiger partial charge in [-0.1, -0.05) is 164 Å². The van der Waals surface area contributed by atoms with Crippen molar-refractivity contribution in [3.8, 4) is 55.9 Å². The molecular formula is C49H30N2. The topological polar surface area (TPSA) is 25.8 Å². The van der Waals surface area contributed by atoms with E-state index in [1.807, 2.05) is 30.6 Å². The van der Waals surface area contributed by atoms with Crippen LogP contribution in [-0.4, -0.2) is 9.97 Å². The molecule has 0 saturated carbocycles. The van der Waals surface area contributed by atoms with Crippen LogP contribution in [0.3, 0.4) is 0 Å². The Morgan fingerprint density at radius 1 is 0.353 bits per heavy atom. The fraction of sp³-hybridized carbons (Fsp3) is 0.0204. The molecule has 0 saturated heterocycles. The smallest absolute Gasteiger partial charge is 0.0885 e. The molecule has 2 aliphatic rings. The highest BCUT2D eigenvalue weighted by atomic mass is 14.8. The van der Waals surface area contributed by atoms with E-state index in [1.165, 1.54) is 77.2 Å². The molecule has 9 aromatic rings. The van der Waals surface area contributed by atoms with Crippen molar-refractivity contribution in [2.45, 2.75) is 5.41 Å². The number of benzene rings is 8. The van der Waals surface area contributed by atoms with E-state index >= 15 is 0 Å². The lowest BCUT2D eigenvalue weighted by Crippen LogP contribution is -2.26. The Balaban J connectivity index is 1.07. The second kappa shape index (κ2) is 10.7. The summed E-state index contributed by atoms with van der Waals surface area (Å²) in [5, 5.41) is 5.13. The van der Waals surface area contributed by atoms with Gasteiger partial charge in [0.15, 0.2) is 0 Å². The molecule has 0 N–H and O–H groups in total. The highest BCUT2D eigenvalue weighted by Crippen LogP contribution is 2.65. The molecule has 0 bridgehead atoms. The Hall–Kier alpha value is -6.64. The third-order valence-electron chi connectivity index (χ3n) is 11.2. The van der Waals surface area contributed by atoms with Crippen LogP contribution in [0.2, 0.25) is 0 Å². The van der Waals surface area contributed by atoms with E-state index in [4.69, 9.17) is 9.97 Å². The van der Waals surface area contributed by atoms with Gasteiger partial charge in [-0.3, -0.25) is 9.97 Å². The summed E-state index contributed by atoms with van der Waals surface area (Å²) in [6.07, 6.45) is 3.72. The molecule has 2 aliphatic carbocycles. The first-order chi connectivity index (χ1) is 25.3. The normalized spacial score (nSPS) is 13.3. The van der Waals surface area contributed by atoms with Gasteiger partial charge in [-0.15, -0.1) is 0 Å². The van der Waals surface area contributed by atoms with Gasteiger partial charge in [0.05, 0.1) is 29.2 Å². The molecular weight excluding hydrogens is 617 g/mol. The zero-order valence-electron chi connectivity index (χ0n) is 27.7. The number of hydrogen-bond acceptors (Lipinski definition) is 2. The molecule has 1 heterocycles.